The molecule has 6 aromatic heterocycles. The van der Waals surface area contributed by atoms with Crippen molar-refractivity contribution in [1.82, 2.24) is 27.4 Å². The van der Waals surface area contributed by atoms with E-state index in [0.717, 1.165) is 67.3 Å². The maximum atomic E-state index is 2.45. The number of nitrogens with zero attached hydrogens (tertiary/aromatic N) is 6. The molecule has 0 aliphatic carbocycles. The fourth-order valence-corrected chi connectivity index (χ4v) is 15.5. The quantitative estimate of drug-likeness (QED) is 0.152. The Morgan fingerprint density at radius 2 is 0.278 bits per heavy atom. The Morgan fingerprint density at radius 3 is 0.478 bits per heavy atom. The minimum absolute atomic E-state index is 1.11. The van der Waals surface area contributed by atoms with Crippen LogP contribution in [0.1, 0.15) is 0 Å². The summed E-state index contributed by atoms with van der Waals surface area (Å²) >= 11 is 0. The molecule has 0 aliphatic rings. The summed E-state index contributed by atoms with van der Waals surface area (Å²) in [4.78, 5) is 0. The number of hydrogen-bond donors (Lipinski definition) is 0. The van der Waals surface area contributed by atoms with E-state index in [1.807, 2.05) is 0 Å². The molecular formula is C84H52N6. The van der Waals surface area contributed by atoms with Crippen molar-refractivity contribution in [3.63, 3.8) is 0 Å². The van der Waals surface area contributed by atoms with Crippen LogP contribution in [-0.2, 0) is 0 Å². The molecule has 0 unspecified atom stereocenters. The first-order chi connectivity index (χ1) is 44.7. The zero-order chi connectivity index (χ0) is 58.7. The first-order valence-corrected chi connectivity index (χ1v) is 31.0. The summed E-state index contributed by atoms with van der Waals surface area (Å²) in [7, 11) is 0. The van der Waals surface area contributed by atoms with E-state index in [1.54, 1.807) is 0 Å². The average Bonchev–Trinajstić information content (AvgIpc) is 1.68. The lowest BCUT2D eigenvalue weighted by Gasteiger charge is -2.13. The number of hydrogen-bond acceptors (Lipinski definition) is 0. The Hall–Kier alpha value is -12.1. The molecular weight excluding hydrogens is 1090 g/mol. The molecule has 0 atom stereocenters. The maximum Gasteiger partial charge on any atom is 0.0542 e. The van der Waals surface area contributed by atoms with Gasteiger partial charge in [-0.3, -0.25) is 0 Å². The lowest BCUT2D eigenvalue weighted by Crippen LogP contribution is -1.97. The Kier molecular flexibility index (Phi) is 10.2. The predicted molar refractivity (Wildman–Crippen MR) is 378 cm³/mol. The zero-order valence-corrected chi connectivity index (χ0v) is 48.7. The second-order valence-corrected chi connectivity index (χ2v) is 24.0. The van der Waals surface area contributed by atoms with Gasteiger partial charge in [-0.2, -0.15) is 0 Å². The van der Waals surface area contributed by atoms with Crippen LogP contribution < -0.4 is 0 Å². The van der Waals surface area contributed by atoms with Crippen molar-refractivity contribution in [3.8, 4) is 45.3 Å². The smallest absolute Gasteiger partial charge is 0.0542 e. The van der Waals surface area contributed by atoms with Gasteiger partial charge in [0.1, 0.15) is 0 Å². The van der Waals surface area contributed by atoms with Crippen molar-refractivity contribution >= 4 is 131 Å². The van der Waals surface area contributed by atoms with Gasteiger partial charge in [0.05, 0.1) is 66.2 Å². The second kappa shape index (κ2) is 18.7. The zero-order valence-electron chi connectivity index (χ0n) is 48.7. The molecule has 418 valence electrons. The third-order valence-electron chi connectivity index (χ3n) is 19.4. The SMILES string of the molecule is c1ccc2c(c1)c1ccccc1n2-c1ccc2c(c1)c1cc(-n3c4ccccc4c4ccccc43)ccc1n2-c1ccc(-c2ccc(-n3c4ccc(-n5c6ccccc6c6ccccc65)cc4c4cc(-n5c6ccccc6c6ccccc65)ccc43)cc2)cc1. The van der Waals surface area contributed by atoms with Crippen molar-refractivity contribution in [2.45, 2.75) is 0 Å². The Labute approximate surface area is 516 Å². The summed E-state index contributed by atoms with van der Waals surface area (Å²) in [5.74, 6) is 0. The summed E-state index contributed by atoms with van der Waals surface area (Å²) in [5.41, 5.74) is 23.2. The van der Waals surface area contributed by atoms with Gasteiger partial charge in [-0.05, 0) is 157 Å². The predicted octanol–water partition coefficient (Wildman–Crippen LogP) is 21.9. The van der Waals surface area contributed by atoms with E-state index in [9.17, 15) is 0 Å². The summed E-state index contributed by atoms with van der Waals surface area (Å²) in [6.45, 7) is 0. The molecule has 0 amide bonds. The first-order valence-electron chi connectivity index (χ1n) is 31.0. The number of fused-ring (bicyclic) bond motifs is 18. The molecule has 6 heterocycles. The van der Waals surface area contributed by atoms with Crippen LogP contribution in [0.15, 0.2) is 315 Å². The van der Waals surface area contributed by atoms with Crippen LogP contribution in [0.5, 0.6) is 0 Å². The molecule has 0 radical (unpaired) electrons. The monoisotopic (exact) mass is 1140 g/mol. The van der Waals surface area contributed by atoms with E-state index in [4.69, 9.17) is 0 Å². The van der Waals surface area contributed by atoms with Crippen LogP contribution in [0.2, 0.25) is 0 Å². The van der Waals surface area contributed by atoms with E-state index < -0.39 is 0 Å². The largest absolute Gasteiger partial charge is 0.309 e. The van der Waals surface area contributed by atoms with E-state index in [1.165, 1.54) is 109 Å². The van der Waals surface area contributed by atoms with Gasteiger partial charge in [0.15, 0.2) is 0 Å². The standard InChI is InChI=1S/C84H52N6/c1-9-25-73-61(17-1)62-18-2-10-26-74(62)87(73)57-41-45-81-69(49-57)70-50-58(88-75-27-11-3-19-63(75)64-20-4-12-28-76(64)88)42-46-82(70)85(81)55-37-33-53(34-38-55)54-35-39-56(40-36-54)86-83-47-43-59(89-77-29-13-5-21-65(77)66-22-6-14-30-78(66)89)51-71(83)72-52-60(44-48-84(72)86)90-79-31-15-7-23-67(79)68-24-8-16-32-80(68)90/h1-52H. The Bertz CT molecular complexity index is 5450. The van der Waals surface area contributed by atoms with Crippen molar-refractivity contribution in [3.05, 3.63) is 315 Å². The normalized spacial score (nSPS) is 12.2. The lowest BCUT2D eigenvalue weighted by molar-refractivity contribution is 1.16. The van der Waals surface area contributed by atoms with Gasteiger partial charge >= 0.3 is 0 Å². The molecule has 0 saturated heterocycles. The van der Waals surface area contributed by atoms with Crippen LogP contribution in [-0.4, -0.2) is 27.4 Å². The van der Waals surface area contributed by atoms with Crippen molar-refractivity contribution in [1.29, 1.82) is 0 Å². The highest BCUT2D eigenvalue weighted by atomic mass is 15.0. The molecule has 14 aromatic carbocycles. The fourth-order valence-electron chi connectivity index (χ4n) is 15.5. The minimum atomic E-state index is 1.11. The Balaban J connectivity index is 0.722. The average molecular weight is 1150 g/mol. The highest BCUT2D eigenvalue weighted by Gasteiger charge is 2.22. The van der Waals surface area contributed by atoms with E-state index in [-0.39, 0.29) is 0 Å². The molecule has 6 nitrogen and oxygen atoms in total. The molecule has 0 N–H and O–H groups in total. The lowest BCUT2D eigenvalue weighted by atomic mass is 10.0. The molecule has 0 spiro atoms. The third kappa shape index (κ3) is 6.92. The molecule has 20 aromatic rings. The molecule has 0 fully saturated rings. The van der Waals surface area contributed by atoms with E-state index >= 15 is 0 Å². The van der Waals surface area contributed by atoms with Crippen LogP contribution in [0, 0.1) is 0 Å². The summed E-state index contributed by atoms with van der Waals surface area (Å²) in [6, 6.07) is 117. The van der Waals surface area contributed by atoms with Crippen LogP contribution in [0.4, 0.5) is 0 Å². The molecule has 20 rings (SSSR count). The fraction of sp³-hybridized carbons (Fsp3) is 0. The van der Waals surface area contributed by atoms with Gasteiger partial charge in [0.2, 0.25) is 0 Å². The van der Waals surface area contributed by atoms with Gasteiger partial charge in [-0.1, -0.05) is 170 Å². The third-order valence-corrected chi connectivity index (χ3v) is 19.4. The number of para-hydroxylation sites is 8. The van der Waals surface area contributed by atoms with Crippen molar-refractivity contribution < 1.29 is 0 Å². The summed E-state index contributed by atoms with van der Waals surface area (Å²) in [6.07, 6.45) is 0. The van der Waals surface area contributed by atoms with Gasteiger partial charge in [0.25, 0.3) is 0 Å². The van der Waals surface area contributed by atoms with Gasteiger partial charge in [-0.25, -0.2) is 0 Å². The van der Waals surface area contributed by atoms with Gasteiger partial charge < -0.3 is 27.4 Å². The summed E-state index contributed by atoms with van der Waals surface area (Å²) in [5, 5.41) is 14.8. The maximum absolute atomic E-state index is 2.45. The van der Waals surface area contributed by atoms with Crippen LogP contribution >= 0.6 is 0 Å². The van der Waals surface area contributed by atoms with Gasteiger partial charge in [-0.15, -0.1) is 0 Å². The number of benzene rings is 14. The minimum Gasteiger partial charge on any atom is -0.309 e. The second-order valence-electron chi connectivity index (χ2n) is 24.0. The molecule has 0 bridgehead atoms. The van der Waals surface area contributed by atoms with Gasteiger partial charge in [0, 0.05) is 98.8 Å². The van der Waals surface area contributed by atoms with Crippen molar-refractivity contribution in [2.24, 2.45) is 0 Å². The Morgan fingerprint density at radius 1 is 0.122 bits per heavy atom. The summed E-state index contributed by atoms with van der Waals surface area (Å²) < 4.78 is 14.6. The van der Waals surface area contributed by atoms with Crippen LogP contribution in [0.3, 0.4) is 0 Å². The van der Waals surface area contributed by atoms with Crippen molar-refractivity contribution in [2.75, 3.05) is 0 Å². The number of aromatic nitrogens is 6. The first kappa shape index (κ1) is 49.0. The molecule has 0 saturated carbocycles. The number of rotatable bonds is 7. The molecule has 6 heteroatoms. The molecule has 90 heavy (non-hydrogen) atoms. The van der Waals surface area contributed by atoms with Crippen LogP contribution in [0.25, 0.3) is 176 Å². The molecule has 0 aliphatic heterocycles. The highest BCUT2D eigenvalue weighted by Crippen LogP contribution is 2.43. The van der Waals surface area contributed by atoms with E-state index in [2.05, 4.69) is 343 Å². The topological polar surface area (TPSA) is 29.6 Å². The highest BCUT2D eigenvalue weighted by molar-refractivity contribution is 6.17. The van der Waals surface area contributed by atoms with E-state index in [0.29, 0.717) is 0 Å².